The molecule has 152 valence electrons. The van der Waals surface area contributed by atoms with Gasteiger partial charge in [-0.2, -0.15) is 0 Å². The quantitative estimate of drug-likeness (QED) is 0.307. The van der Waals surface area contributed by atoms with Crippen LogP contribution in [0.5, 0.6) is 0 Å². The Balaban J connectivity index is 2.01. The fourth-order valence-corrected chi connectivity index (χ4v) is 3.98. The molecule has 2 aromatic rings. The zero-order chi connectivity index (χ0) is 20.8. The zero-order valence-electron chi connectivity index (χ0n) is 16.2. The van der Waals surface area contributed by atoms with Crippen LogP contribution in [0.4, 0.5) is 10.1 Å². The lowest BCUT2D eigenvalue weighted by Crippen LogP contribution is -2.28. The summed E-state index contributed by atoms with van der Waals surface area (Å²) in [4.78, 5) is 30.7. The van der Waals surface area contributed by atoms with E-state index in [0.29, 0.717) is 34.0 Å². The molecule has 0 spiro atoms. The van der Waals surface area contributed by atoms with Gasteiger partial charge in [0.25, 0.3) is 0 Å². The number of carbonyl (C=O) groups is 2. The number of ether oxygens (including phenoxy) is 2. The predicted octanol–water partition coefficient (Wildman–Crippen LogP) is 3.81. The van der Waals surface area contributed by atoms with Gasteiger partial charge in [-0.05, 0) is 32.0 Å². The number of nitrogens with zero attached hydrogens (tertiary/aromatic N) is 2. The van der Waals surface area contributed by atoms with E-state index < -0.39 is 11.9 Å². The number of aromatic nitrogens is 1. The third kappa shape index (κ3) is 4.59. The zero-order valence-corrected chi connectivity index (χ0v) is 17.0. The van der Waals surface area contributed by atoms with Crippen LogP contribution >= 0.6 is 11.8 Å². The summed E-state index contributed by atoms with van der Waals surface area (Å²) >= 11 is 1.39. The van der Waals surface area contributed by atoms with E-state index in [1.165, 1.54) is 18.0 Å². The molecule has 29 heavy (non-hydrogen) atoms. The Bertz CT molecular complexity index is 914. The average molecular weight is 416 g/mol. The number of hydrogen-bond acceptors (Lipinski definition) is 7. The lowest BCUT2D eigenvalue weighted by Gasteiger charge is -2.29. The second-order valence-electron chi connectivity index (χ2n) is 6.04. The maximum Gasteiger partial charge on any atom is 0.347 e. The molecule has 0 unspecified atom stereocenters. The van der Waals surface area contributed by atoms with Crippen molar-refractivity contribution in [3.05, 3.63) is 54.2 Å². The average Bonchev–Trinajstić information content (AvgIpc) is 2.73. The molecule has 1 aliphatic rings. The second kappa shape index (κ2) is 9.56. The van der Waals surface area contributed by atoms with Gasteiger partial charge in [0.1, 0.15) is 5.82 Å². The lowest BCUT2D eigenvalue weighted by molar-refractivity contribution is -0.146. The van der Waals surface area contributed by atoms with Crippen molar-refractivity contribution in [2.24, 2.45) is 0 Å². The monoisotopic (exact) mass is 416 g/mol. The van der Waals surface area contributed by atoms with Gasteiger partial charge >= 0.3 is 11.9 Å². The highest BCUT2D eigenvalue weighted by atomic mass is 32.2. The molecule has 0 radical (unpaired) electrons. The van der Waals surface area contributed by atoms with Gasteiger partial charge in [0, 0.05) is 42.0 Å². The molecular formula is C21H21FN2O4S. The van der Waals surface area contributed by atoms with Crippen molar-refractivity contribution in [1.82, 2.24) is 4.98 Å². The van der Waals surface area contributed by atoms with Crippen LogP contribution in [0, 0.1) is 5.82 Å². The van der Waals surface area contributed by atoms with Crippen molar-refractivity contribution in [2.75, 3.05) is 30.4 Å². The van der Waals surface area contributed by atoms with E-state index in [1.54, 1.807) is 55.4 Å². The Hall–Kier alpha value is -2.87. The number of esters is 2. The number of pyridine rings is 1. The molecule has 1 aliphatic heterocycles. The topological polar surface area (TPSA) is 68.7 Å². The summed E-state index contributed by atoms with van der Waals surface area (Å²) in [6.45, 7) is 4.08. The van der Waals surface area contributed by atoms with E-state index in [1.807, 2.05) is 0 Å². The SMILES string of the molecule is CCOC(=O)C(=CN1CCSc2c1ccc(-c1cccnc1)c2F)C(=O)OCC. The molecular weight excluding hydrogens is 395 g/mol. The number of benzene rings is 1. The predicted molar refractivity (Wildman–Crippen MR) is 109 cm³/mol. The second-order valence-corrected chi connectivity index (χ2v) is 7.15. The lowest BCUT2D eigenvalue weighted by atomic mass is 10.1. The maximum absolute atomic E-state index is 15.2. The number of hydrogen-bond donors (Lipinski definition) is 0. The van der Waals surface area contributed by atoms with Gasteiger partial charge in [0.05, 0.1) is 23.8 Å². The summed E-state index contributed by atoms with van der Waals surface area (Å²) in [5.74, 6) is -1.29. The molecule has 0 fully saturated rings. The Kier molecular flexibility index (Phi) is 6.87. The summed E-state index contributed by atoms with van der Waals surface area (Å²) in [6.07, 6.45) is 4.63. The smallest absolute Gasteiger partial charge is 0.347 e. The van der Waals surface area contributed by atoms with Crippen LogP contribution in [0.25, 0.3) is 11.1 Å². The number of rotatable bonds is 6. The molecule has 1 aromatic carbocycles. The number of carbonyl (C=O) groups excluding carboxylic acids is 2. The summed E-state index contributed by atoms with van der Waals surface area (Å²) in [5.41, 5.74) is 1.49. The van der Waals surface area contributed by atoms with E-state index in [0.717, 1.165) is 0 Å². The number of fused-ring (bicyclic) bond motifs is 1. The van der Waals surface area contributed by atoms with Crippen molar-refractivity contribution >= 4 is 29.4 Å². The molecule has 0 aliphatic carbocycles. The van der Waals surface area contributed by atoms with Crippen molar-refractivity contribution in [3.63, 3.8) is 0 Å². The molecule has 3 rings (SSSR count). The van der Waals surface area contributed by atoms with Gasteiger partial charge in [-0.3, -0.25) is 4.98 Å². The van der Waals surface area contributed by atoms with Crippen LogP contribution in [0.3, 0.4) is 0 Å². The molecule has 0 bridgehead atoms. The number of halogens is 1. The van der Waals surface area contributed by atoms with E-state index in [4.69, 9.17) is 9.47 Å². The maximum atomic E-state index is 15.2. The van der Waals surface area contributed by atoms with E-state index in [9.17, 15) is 9.59 Å². The fourth-order valence-electron chi connectivity index (χ4n) is 2.92. The summed E-state index contributed by atoms with van der Waals surface area (Å²) in [5, 5.41) is 0. The van der Waals surface area contributed by atoms with Crippen LogP contribution in [-0.4, -0.2) is 42.4 Å². The normalized spacial score (nSPS) is 12.7. The van der Waals surface area contributed by atoms with Gasteiger partial charge in [0.15, 0.2) is 5.57 Å². The molecule has 8 heteroatoms. The highest BCUT2D eigenvalue weighted by molar-refractivity contribution is 7.99. The van der Waals surface area contributed by atoms with Crippen LogP contribution in [0.2, 0.25) is 0 Å². The fraction of sp³-hybridized carbons (Fsp3) is 0.286. The van der Waals surface area contributed by atoms with Crippen molar-refractivity contribution < 1.29 is 23.5 Å². The summed E-state index contributed by atoms with van der Waals surface area (Å²) in [6, 6.07) is 6.99. The first kappa shape index (κ1) is 20.9. The Morgan fingerprint density at radius 2 is 1.93 bits per heavy atom. The Labute approximate surface area is 172 Å². The number of anilines is 1. The standard InChI is InChI=1S/C21H21FN2O4S/c1-3-27-20(25)16(21(26)28-4-2)13-24-10-11-29-19-17(24)8-7-15(18(19)22)14-6-5-9-23-12-14/h5-9,12-13H,3-4,10-11H2,1-2H3. The highest BCUT2D eigenvalue weighted by Gasteiger charge is 2.27. The molecule has 1 aromatic heterocycles. The Morgan fingerprint density at radius 1 is 1.21 bits per heavy atom. The first-order valence-corrected chi connectivity index (χ1v) is 10.2. The highest BCUT2D eigenvalue weighted by Crippen LogP contribution is 2.41. The van der Waals surface area contributed by atoms with E-state index in [2.05, 4.69) is 4.98 Å². The van der Waals surface area contributed by atoms with E-state index >= 15 is 4.39 Å². The van der Waals surface area contributed by atoms with E-state index in [-0.39, 0.29) is 24.6 Å². The minimum absolute atomic E-state index is 0.130. The largest absolute Gasteiger partial charge is 0.462 e. The van der Waals surface area contributed by atoms with Crippen LogP contribution in [-0.2, 0) is 19.1 Å². The Morgan fingerprint density at radius 3 is 2.55 bits per heavy atom. The summed E-state index contributed by atoms with van der Waals surface area (Å²) < 4.78 is 25.2. The molecule has 0 saturated heterocycles. The van der Waals surface area contributed by atoms with Crippen molar-refractivity contribution in [3.8, 4) is 11.1 Å². The van der Waals surface area contributed by atoms with Gasteiger partial charge in [0.2, 0.25) is 0 Å². The minimum Gasteiger partial charge on any atom is -0.462 e. The van der Waals surface area contributed by atoms with Crippen LogP contribution < -0.4 is 4.90 Å². The molecule has 0 atom stereocenters. The molecule has 0 saturated carbocycles. The third-order valence-corrected chi connectivity index (χ3v) is 5.28. The first-order chi connectivity index (χ1) is 14.1. The van der Waals surface area contributed by atoms with Gasteiger partial charge in [-0.15, -0.1) is 11.8 Å². The van der Waals surface area contributed by atoms with Gasteiger partial charge < -0.3 is 14.4 Å². The molecule has 2 heterocycles. The molecule has 0 amide bonds. The summed E-state index contributed by atoms with van der Waals surface area (Å²) in [7, 11) is 0. The number of thioether (sulfide) groups is 1. The van der Waals surface area contributed by atoms with Crippen molar-refractivity contribution in [2.45, 2.75) is 18.7 Å². The third-order valence-electron chi connectivity index (χ3n) is 4.21. The minimum atomic E-state index is -0.766. The molecule has 6 nitrogen and oxygen atoms in total. The van der Waals surface area contributed by atoms with Gasteiger partial charge in [-0.1, -0.05) is 6.07 Å². The first-order valence-electron chi connectivity index (χ1n) is 9.25. The van der Waals surface area contributed by atoms with Gasteiger partial charge in [-0.25, -0.2) is 14.0 Å². The van der Waals surface area contributed by atoms with Crippen molar-refractivity contribution in [1.29, 1.82) is 0 Å². The molecule has 0 N–H and O–H groups in total. The van der Waals surface area contributed by atoms with Crippen LogP contribution in [0.1, 0.15) is 13.8 Å². The van der Waals surface area contributed by atoms with Crippen LogP contribution in [0.15, 0.2) is 53.3 Å².